The molecule has 25 heavy (non-hydrogen) atoms. The van der Waals surface area contributed by atoms with Crippen LogP contribution in [0.1, 0.15) is 18.9 Å². The minimum absolute atomic E-state index is 0.217. The van der Waals surface area contributed by atoms with Gasteiger partial charge in [0.15, 0.2) is 0 Å². The minimum atomic E-state index is -2.84. The number of alkyl halides is 2. The summed E-state index contributed by atoms with van der Waals surface area (Å²) in [6, 6.07) is 5.65. The van der Waals surface area contributed by atoms with Gasteiger partial charge in [0, 0.05) is 24.5 Å². The summed E-state index contributed by atoms with van der Waals surface area (Å²) in [6.07, 6.45) is 2.21. The average Bonchev–Trinajstić information content (AvgIpc) is 2.98. The van der Waals surface area contributed by atoms with E-state index in [2.05, 4.69) is 10.6 Å². The van der Waals surface area contributed by atoms with Crippen molar-refractivity contribution in [3.05, 3.63) is 30.5 Å². The maximum atomic E-state index is 14.3. The first-order valence-corrected chi connectivity index (χ1v) is 8.27. The van der Waals surface area contributed by atoms with Crippen molar-refractivity contribution in [3.63, 3.8) is 0 Å². The molecule has 2 saturated heterocycles. The van der Waals surface area contributed by atoms with Crippen LogP contribution in [0.15, 0.2) is 30.5 Å². The summed E-state index contributed by atoms with van der Waals surface area (Å²) in [5, 5.41) is 5.74. The summed E-state index contributed by atoms with van der Waals surface area (Å²) in [7, 11) is 0. The lowest BCUT2D eigenvalue weighted by atomic mass is 10.0. The summed E-state index contributed by atoms with van der Waals surface area (Å²) in [4.78, 5) is 24.9. The van der Waals surface area contributed by atoms with Gasteiger partial charge in [-0.2, -0.15) is 0 Å². The first kappa shape index (κ1) is 16.0. The number of hydrogen-bond acceptors (Lipinski definition) is 3. The van der Waals surface area contributed by atoms with Crippen molar-refractivity contribution < 1.29 is 18.4 Å². The molecule has 2 aliphatic heterocycles. The molecular weight excluding hydrogens is 330 g/mol. The SMILES string of the molecule is O=C1CCN(c2cccc3c2ccn3C2CCNCC2(F)F)C(=O)N1. The van der Waals surface area contributed by atoms with Crippen LogP contribution < -0.4 is 15.5 Å². The van der Waals surface area contributed by atoms with Gasteiger partial charge in [0.05, 0.1) is 23.8 Å². The Morgan fingerprint density at radius 1 is 1.20 bits per heavy atom. The fourth-order valence-corrected chi connectivity index (χ4v) is 3.64. The van der Waals surface area contributed by atoms with Crippen LogP contribution in [0.2, 0.25) is 0 Å². The molecule has 1 aromatic heterocycles. The third kappa shape index (κ3) is 2.66. The highest BCUT2D eigenvalue weighted by Gasteiger charge is 2.43. The molecule has 1 atom stereocenters. The van der Waals surface area contributed by atoms with Crippen molar-refractivity contribution in [1.82, 2.24) is 15.2 Å². The van der Waals surface area contributed by atoms with Crippen molar-refractivity contribution in [3.8, 4) is 0 Å². The van der Waals surface area contributed by atoms with Crippen LogP contribution in [-0.2, 0) is 4.79 Å². The van der Waals surface area contributed by atoms with E-state index in [1.807, 2.05) is 0 Å². The Kier molecular flexibility index (Phi) is 3.72. The molecule has 6 nitrogen and oxygen atoms in total. The van der Waals surface area contributed by atoms with Gasteiger partial charge in [-0.3, -0.25) is 15.0 Å². The number of nitrogens with one attached hydrogen (secondary N) is 2. The predicted octanol–water partition coefficient (Wildman–Crippen LogP) is 2.26. The van der Waals surface area contributed by atoms with E-state index >= 15 is 0 Å². The van der Waals surface area contributed by atoms with Gasteiger partial charge in [-0.25, -0.2) is 13.6 Å². The minimum Gasteiger partial charge on any atom is -0.338 e. The van der Waals surface area contributed by atoms with Gasteiger partial charge >= 0.3 is 6.03 Å². The molecule has 0 aliphatic carbocycles. The number of fused-ring (bicyclic) bond motifs is 1. The normalized spacial score (nSPS) is 23.8. The molecule has 0 saturated carbocycles. The molecule has 8 heteroatoms. The Morgan fingerprint density at radius 3 is 2.80 bits per heavy atom. The quantitative estimate of drug-likeness (QED) is 0.875. The van der Waals surface area contributed by atoms with Crippen LogP contribution in [0.5, 0.6) is 0 Å². The second kappa shape index (κ2) is 5.80. The summed E-state index contributed by atoms with van der Waals surface area (Å²) >= 11 is 0. The van der Waals surface area contributed by atoms with Crippen molar-refractivity contribution in [1.29, 1.82) is 0 Å². The van der Waals surface area contributed by atoms with Gasteiger partial charge in [0.2, 0.25) is 5.91 Å². The van der Waals surface area contributed by atoms with Crippen LogP contribution in [0.4, 0.5) is 19.3 Å². The van der Waals surface area contributed by atoms with Gasteiger partial charge in [-0.15, -0.1) is 0 Å². The largest absolute Gasteiger partial charge is 0.338 e. The predicted molar refractivity (Wildman–Crippen MR) is 88.9 cm³/mol. The van der Waals surface area contributed by atoms with Crippen molar-refractivity contribution >= 4 is 28.5 Å². The summed E-state index contributed by atoms with van der Waals surface area (Å²) in [5.74, 6) is -3.14. The summed E-state index contributed by atoms with van der Waals surface area (Å²) in [5.41, 5.74) is 1.28. The van der Waals surface area contributed by atoms with Gasteiger partial charge in [0.25, 0.3) is 5.92 Å². The Hall–Kier alpha value is -2.48. The molecule has 132 valence electrons. The number of amides is 3. The van der Waals surface area contributed by atoms with E-state index < -0.39 is 18.0 Å². The lowest BCUT2D eigenvalue weighted by Crippen LogP contribution is -2.49. The second-order valence-electron chi connectivity index (χ2n) is 6.43. The van der Waals surface area contributed by atoms with E-state index in [0.29, 0.717) is 24.2 Å². The molecule has 0 spiro atoms. The number of carbonyl (C=O) groups excluding carboxylic acids is 2. The third-order valence-corrected chi connectivity index (χ3v) is 4.86. The fourth-order valence-electron chi connectivity index (χ4n) is 3.64. The van der Waals surface area contributed by atoms with Gasteiger partial charge in [-0.1, -0.05) is 6.07 Å². The fraction of sp³-hybridized carbons (Fsp3) is 0.412. The highest BCUT2D eigenvalue weighted by atomic mass is 19.3. The van der Waals surface area contributed by atoms with E-state index in [1.54, 1.807) is 35.0 Å². The van der Waals surface area contributed by atoms with Gasteiger partial charge in [-0.05, 0) is 31.2 Å². The molecule has 1 aromatic carbocycles. The molecule has 2 fully saturated rings. The zero-order valence-corrected chi connectivity index (χ0v) is 13.5. The zero-order valence-electron chi connectivity index (χ0n) is 13.5. The number of nitrogens with zero attached hydrogens (tertiary/aromatic N) is 2. The topological polar surface area (TPSA) is 66.4 Å². The number of hydrogen-bond donors (Lipinski definition) is 2. The highest BCUT2D eigenvalue weighted by Crippen LogP contribution is 2.38. The summed E-state index contributed by atoms with van der Waals surface area (Å²) < 4.78 is 30.3. The van der Waals surface area contributed by atoms with Crippen LogP contribution >= 0.6 is 0 Å². The van der Waals surface area contributed by atoms with Crippen LogP contribution in [0.25, 0.3) is 10.9 Å². The third-order valence-electron chi connectivity index (χ3n) is 4.86. The van der Waals surface area contributed by atoms with E-state index in [9.17, 15) is 18.4 Å². The molecular formula is C17H18F2N4O2. The monoisotopic (exact) mass is 348 g/mol. The number of aromatic nitrogens is 1. The van der Waals surface area contributed by atoms with Gasteiger partial charge in [0.1, 0.15) is 0 Å². The molecule has 0 bridgehead atoms. The highest BCUT2D eigenvalue weighted by molar-refractivity contribution is 6.09. The number of urea groups is 1. The Balaban J connectivity index is 1.76. The van der Waals surface area contributed by atoms with E-state index in [1.165, 1.54) is 4.90 Å². The van der Waals surface area contributed by atoms with Crippen molar-refractivity contribution in [2.75, 3.05) is 24.5 Å². The number of rotatable bonds is 2. The van der Waals surface area contributed by atoms with Gasteiger partial charge < -0.3 is 9.88 Å². The lowest BCUT2D eigenvalue weighted by molar-refractivity contribution is -0.120. The van der Waals surface area contributed by atoms with Crippen molar-refractivity contribution in [2.45, 2.75) is 24.8 Å². The first-order valence-electron chi connectivity index (χ1n) is 8.27. The number of imide groups is 1. The number of carbonyl (C=O) groups is 2. The van der Waals surface area contributed by atoms with E-state index in [0.717, 1.165) is 5.39 Å². The maximum absolute atomic E-state index is 14.3. The lowest BCUT2D eigenvalue weighted by Gasteiger charge is -2.33. The first-order chi connectivity index (χ1) is 12.0. The molecule has 1 unspecified atom stereocenters. The van der Waals surface area contributed by atoms with Crippen molar-refractivity contribution in [2.24, 2.45) is 0 Å². The standard InChI is InChI=1S/C17H18F2N4O2/c18-17(19)10-20-7-4-14(17)22-8-5-11-12(22)2-1-3-13(11)23-9-6-15(24)21-16(23)25/h1-3,5,8,14,20H,4,6-7,9-10H2,(H,21,24,25). The Bertz CT molecular complexity index is 848. The molecule has 2 aromatic rings. The van der Waals surface area contributed by atoms with Crippen LogP contribution in [0.3, 0.4) is 0 Å². The summed E-state index contributed by atoms with van der Waals surface area (Å²) in [6.45, 7) is 0.475. The number of benzene rings is 1. The maximum Gasteiger partial charge on any atom is 0.328 e. The molecule has 0 radical (unpaired) electrons. The Morgan fingerprint density at radius 2 is 2.04 bits per heavy atom. The average molecular weight is 348 g/mol. The molecule has 3 amide bonds. The molecule has 4 rings (SSSR count). The van der Waals surface area contributed by atoms with Crippen LogP contribution in [-0.4, -0.2) is 42.1 Å². The zero-order chi connectivity index (χ0) is 17.6. The van der Waals surface area contributed by atoms with E-state index in [4.69, 9.17) is 0 Å². The van der Waals surface area contributed by atoms with E-state index in [-0.39, 0.29) is 25.4 Å². The molecule has 3 heterocycles. The number of anilines is 1. The smallest absolute Gasteiger partial charge is 0.328 e. The number of piperidine rings is 1. The Labute approximate surface area is 142 Å². The number of halogens is 2. The van der Waals surface area contributed by atoms with Crippen LogP contribution in [0, 0.1) is 0 Å². The second-order valence-corrected chi connectivity index (χ2v) is 6.43. The molecule has 2 aliphatic rings. The molecule has 2 N–H and O–H groups in total.